The van der Waals surface area contributed by atoms with Crippen molar-refractivity contribution < 1.29 is 45.7 Å². The number of nitrogens with two attached hydrogens (primary N) is 1. The predicted octanol–water partition coefficient (Wildman–Crippen LogP) is 0.413. The molecule has 0 aliphatic rings. The van der Waals surface area contributed by atoms with Gasteiger partial charge in [-0.1, -0.05) is 0 Å². The molecule has 0 heterocycles. The van der Waals surface area contributed by atoms with Crippen molar-refractivity contribution >= 4 is 11.9 Å². The second kappa shape index (κ2) is 5.67. The molecule has 0 aromatic heterocycles. The largest absolute Gasteiger partial charge is 0.478 e. The Bertz CT molecular complexity index is 336. The molecule has 0 saturated heterocycles. The Morgan fingerprint density at radius 3 is 1.93 bits per heavy atom. The van der Waals surface area contributed by atoms with Crippen molar-refractivity contribution in [3.8, 4) is 0 Å². The van der Waals surface area contributed by atoms with E-state index >= 15 is 0 Å². The number of aromatic carboxylic acids is 1. The molecule has 3 N–H and O–H groups in total. The standard InChI is InChI=1S/C8H7NO4.Zr/c9-13-8(12)6-3-1-5(2-4-6)7(10)11;/h1-4H,9H2,(H,10,11);. The normalized spacial score (nSPS) is 8.64. The van der Waals surface area contributed by atoms with Crippen molar-refractivity contribution in [3.63, 3.8) is 0 Å². The molecule has 0 radical (unpaired) electrons. The third-order valence-electron chi connectivity index (χ3n) is 1.47. The van der Waals surface area contributed by atoms with Gasteiger partial charge in [0.05, 0.1) is 11.1 Å². The molecule has 1 aromatic rings. The van der Waals surface area contributed by atoms with E-state index in [1.54, 1.807) is 0 Å². The Morgan fingerprint density at radius 2 is 1.57 bits per heavy atom. The number of benzene rings is 1. The third kappa shape index (κ3) is 3.05. The van der Waals surface area contributed by atoms with Gasteiger partial charge in [0.15, 0.2) is 0 Å². The summed E-state index contributed by atoms with van der Waals surface area (Å²) in [6.07, 6.45) is 0. The zero-order valence-corrected chi connectivity index (χ0v) is 9.52. The van der Waals surface area contributed by atoms with Crippen LogP contribution in [0.2, 0.25) is 0 Å². The molecular weight excluding hydrogens is 265 g/mol. The van der Waals surface area contributed by atoms with Gasteiger partial charge in [-0.05, 0) is 24.3 Å². The van der Waals surface area contributed by atoms with Gasteiger partial charge in [0.2, 0.25) is 0 Å². The summed E-state index contributed by atoms with van der Waals surface area (Å²) in [4.78, 5) is 25.2. The van der Waals surface area contributed by atoms with E-state index in [9.17, 15) is 9.59 Å². The number of carbonyl (C=O) groups excluding carboxylic acids is 1. The molecule has 0 aliphatic heterocycles. The number of rotatable bonds is 2. The molecule has 1 aromatic carbocycles. The van der Waals surface area contributed by atoms with Crippen LogP contribution in [0.25, 0.3) is 0 Å². The molecule has 14 heavy (non-hydrogen) atoms. The molecule has 0 amide bonds. The molecule has 1 rings (SSSR count). The van der Waals surface area contributed by atoms with Crippen LogP contribution in [-0.4, -0.2) is 17.0 Å². The number of hydrogen-bond donors (Lipinski definition) is 2. The van der Waals surface area contributed by atoms with E-state index in [1.165, 1.54) is 24.3 Å². The summed E-state index contributed by atoms with van der Waals surface area (Å²) in [6.45, 7) is 0. The maximum absolute atomic E-state index is 10.8. The van der Waals surface area contributed by atoms with Crippen LogP contribution in [0, 0.1) is 0 Å². The van der Waals surface area contributed by atoms with Crippen LogP contribution in [0.15, 0.2) is 24.3 Å². The first-order valence-electron chi connectivity index (χ1n) is 3.39. The van der Waals surface area contributed by atoms with Crippen molar-refractivity contribution in [2.75, 3.05) is 0 Å². The van der Waals surface area contributed by atoms with Crippen LogP contribution < -0.4 is 5.90 Å². The minimum atomic E-state index is -1.05. The summed E-state index contributed by atoms with van der Waals surface area (Å²) in [5, 5.41) is 8.53. The van der Waals surface area contributed by atoms with Crippen molar-refractivity contribution in [2.45, 2.75) is 0 Å². The number of carboxylic acids is 1. The first-order chi connectivity index (χ1) is 6.15. The summed E-state index contributed by atoms with van der Waals surface area (Å²) in [5.74, 6) is 2.89. The van der Waals surface area contributed by atoms with E-state index in [4.69, 9.17) is 5.11 Å². The van der Waals surface area contributed by atoms with Gasteiger partial charge in [0.25, 0.3) is 0 Å². The first kappa shape index (κ1) is 13.0. The fourth-order valence-electron chi connectivity index (χ4n) is 0.817. The summed E-state index contributed by atoms with van der Waals surface area (Å²) in [6, 6.07) is 5.26. The molecule has 72 valence electrons. The maximum Gasteiger partial charge on any atom is 0.356 e. The van der Waals surface area contributed by atoms with E-state index in [0.717, 1.165) is 0 Å². The average molecular weight is 272 g/mol. The van der Waals surface area contributed by atoms with Gasteiger partial charge in [0, 0.05) is 26.2 Å². The molecule has 5 nitrogen and oxygen atoms in total. The van der Waals surface area contributed by atoms with Crippen molar-refractivity contribution in [2.24, 2.45) is 5.90 Å². The van der Waals surface area contributed by atoms with Gasteiger partial charge in [-0.2, -0.15) is 5.90 Å². The van der Waals surface area contributed by atoms with Crippen LogP contribution in [0.5, 0.6) is 0 Å². The third-order valence-corrected chi connectivity index (χ3v) is 1.47. The fourth-order valence-corrected chi connectivity index (χ4v) is 0.817. The van der Waals surface area contributed by atoms with Crippen molar-refractivity contribution in [1.82, 2.24) is 0 Å². The molecule has 0 saturated carbocycles. The average Bonchev–Trinajstić information content (AvgIpc) is 2.17. The molecule has 0 spiro atoms. The second-order valence-electron chi connectivity index (χ2n) is 2.29. The Kier molecular flexibility index (Phi) is 5.27. The summed E-state index contributed by atoms with van der Waals surface area (Å²) in [7, 11) is 0. The van der Waals surface area contributed by atoms with E-state index in [2.05, 4.69) is 10.7 Å². The zero-order chi connectivity index (χ0) is 9.84. The Balaban J connectivity index is 0.00000169. The molecule has 0 atom stereocenters. The monoisotopic (exact) mass is 271 g/mol. The van der Waals surface area contributed by atoms with Gasteiger partial charge >= 0.3 is 11.9 Å². The van der Waals surface area contributed by atoms with Gasteiger partial charge in [-0.15, -0.1) is 0 Å². The van der Waals surface area contributed by atoms with E-state index in [1.807, 2.05) is 0 Å². The summed E-state index contributed by atoms with van der Waals surface area (Å²) < 4.78 is 0. The number of carbonyl (C=O) groups is 2. The second-order valence-corrected chi connectivity index (χ2v) is 2.29. The summed E-state index contributed by atoms with van der Waals surface area (Å²) in [5.41, 5.74) is 0.320. The Hall–Kier alpha value is -0.997. The Labute approximate surface area is 98.9 Å². The van der Waals surface area contributed by atoms with Crippen LogP contribution in [0.3, 0.4) is 0 Å². The van der Waals surface area contributed by atoms with Gasteiger partial charge < -0.3 is 9.94 Å². The minimum absolute atomic E-state index is 0. The van der Waals surface area contributed by atoms with Crippen LogP contribution in [0.1, 0.15) is 20.7 Å². The zero-order valence-electron chi connectivity index (χ0n) is 7.06. The Morgan fingerprint density at radius 1 is 1.14 bits per heavy atom. The fraction of sp³-hybridized carbons (Fsp3) is 0. The van der Waals surface area contributed by atoms with Crippen LogP contribution in [-0.2, 0) is 31.0 Å². The first-order valence-corrected chi connectivity index (χ1v) is 3.39. The molecular formula is C8H7NO4Zr. The molecule has 0 bridgehead atoms. The SMILES string of the molecule is NOC(=O)c1ccc(C(=O)O)cc1.[Zr]. The number of carboxylic acid groups (broad SMARTS) is 1. The quantitative estimate of drug-likeness (QED) is 0.761. The van der Waals surface area contributed by atoms with Gasteiger partial charge in [-0.25, -0.2) is 9.59 Å². The number of hydrogen-bond acceptors (Lipinski definition) is 4. The van der Waals surface area contributed by atoms with E-state index in [-0.39, 0.29) is 37.3 Å². The van der Waals surface area contributed by atoms with Gasteiger partial charge in [-0.3, -0.25) is 0 Å². The molecule has 0 fully saturated rings. The molecule has 6 heteroatoms. The molecule has 0 unspecified atom stereocenters. The van der Waals surface area contributed by atoms with E-state index < -0.39 is 11.9 Å². The van der Waals surface area contributed by atoms with Crippen molar-refractivity contribution in [1.29, 1.82) is 0 Å². The topological polar surface area (TPSA) is 89.6 Å². The molecule has 0 aliphatic carbocycles. The van der Waals surface area contributed by atoms with Crippen LogP contribution >= 0.6 is 0 Å². The maximum atomic E-state index is 10.8. The van der Waals surface area contributed by atoms with E-state index in [0.29, 0.717) is 0 Å². The summed E-state index contributed by atoms with van der Waals surface area (Å²) >= 11 is 0. The predicted molar refractivity (Wildman–Crippen MR) is 43.0 cm³/mol. The minimum Gasteiger partial charge on any atom is -0.478 e. The van der Waals surface area contributed by atoms with Crippen LogP contribution in [0.4, 0.5) is 0 Å². The van der Waals surface area contributed by atoms with Gasteiger partial charge in [0.1, 0.15) is 0 Å². The van der Waals surface area contributed by atoms with Crippen molar-refractivity contribution in [3.05, 3.63) is 35.4 Å². The smallest absolute Gasteiger partial charge is 0.356 e.